The van der Waals surface area contributed by atoms with Crippen LogP contribution >= 0.6 is 11.3 Å². The molecule has 17 heavy (non-hydrogen) atoms. The van der Waals surface area contributed by atoms with Crippen LogP contribution in [0, 0.1) is 0 Å². The van der Waals surface area contributed by atoms with Crippen LogP contribution in [0.1, 0.15) is 23.3 Å². The lowest BCUT2D eigenvalue weighted by Gasteiger charge is -2.22. The van der Waals surface area contributed by atoms with Crippen molar-refractivity contribution in [2.75, 3.05) is 18.4 Å². The summed E-state index contributed by atoms with van der Waals surface area (Å²) in [7, 11) is 0. The summed E-state index contributed by atoms with van der Waals surface area (Å²) in [5.41, 5.74) is 5.53. The lowest BCUT2D eigenvalue weighted by atomic mass is 10.2. The Morgan fingerprint density at radius 3 is 3.29 bits per heavy atom. The molecule has 0 radical (unpaired) electrons. The van der Waals surface area contributed by atoms with Crippen molar-refractivity contribution >= 4 is 17.3 Å². The van der Waals surface area contributed by atoms with Gasteiger partial charge in [-0.25, -0.2) is 9.67 Å². The summed E-state index contributed by atoms with van der Waals surface area (Å²) in [4.78, 5) is 8.81. The van der Waals surface area contributed by atoms with Crippen LogP contribution in [-0.2, 0) is 6.42 Å². The number of anilines is 1. The standard InChI is InChI=1S/C10H14N6S/c11-3-1-8-14-10-13-4-2-7(16(10)15-8)9-12-5-6-17-9/h5-7H,1-4,11H2,(H,13,14,15). The molecule has 1 unspecified atom stereocenters. The van der Waals surface area contributed by atoms with Gasteiger partial charge in [0, 0.05) is 24.5 Å². The van der Waals surface area contributed by atoms with Gasteiger partial charge in [0.05, 0.1) is 0 Å². The number of fused-ring (bicyclic) bond motifs is 1. The molecule has 3 rings (SSSR count). The molecule has 90 valence electrons. The summed E-state index contributed by atoms with van der Waals surface area (Å²) in [5, 5.41) is 10.9. The van der Waals surface area contributed by atoms with Crippen LogP contribution < -0.4 is 11.1 Å². The van der Waals surface area contributed by atoms with E-state index >= 15 is 0 Å². The van der Waals surface area contributed by atoms with Crippen LogP contribution in [0.25, 0.3) is 0 Å². The van der Waals surface area contributed by atoms with E-state index in [1.165, 1.54) is 0 Å². The molecule has 0 saturated heterocycles. The highest BCUT2D eigenvalue weighted by molar-refractivity contribution is 7.09. The number of nitrogens with one attached hydrogen (secondary N) is 1. The zero-order valence-electron chi connectivity index (χ0n) is 9.33. The molecule has 1 atom stereocenters. The molecule has 3 heterocycles. The van der Waals surface area contributed by atoms with E-state index in [0.717, 1.165) is 29.7 Å². The van der Waals surface area contributed by atoms with E-state index in [1.54, 1.807) is 11.3 Å². The zero-order chi connectivity index (χ0) is 11.7. The summed E-state index contributed by atoms with van der Waals surface area (Å²) in [6, 6.07) is 0.213. The first kappa shape index (κ1) is 10.7. The van der Waals surface area contributed by atoms with Gasteiger partial charge in [0.15, 0.2) is 5.82 Å². The fourth-order valence-corrected chi connectivity index (χ4v) is 2.77. The van der Waals surface area contributed by atoms with Gasteiger partial charge < -0.3 is 11.1 Å². The molecule has 3 N–H and O–H groups in total. The maximum atomic E-state index is 5.53. The highest BCUT2D eigenvalue weighted by Gasteiger charge is 2.25. The largest absolute Gasteiger partial charge is 0.354 e. The fourth-order valence-electron chi connectivity index (χ4n) is 2.01. The minimum atomic E-state index is 0.213. The maximum absolute atomic E-state index is 5.53. The quantitative estimate of drug-likeness (QED) is 0.835. The van der Waals surface area contributed by atoms with Crippen molar-refractivity contribution in [3.05, 3.63) is 22.4 Å². The number of hydrogen-bond acceptors (Lipinski definition) is 6. The average Bonchev–Trinajstić information content (AvgIpc) is 2.97. The minimum Gasteiger partial charge on any atom is -0.354 e. The Balaban J connectivity index is 1.96. The first-order valence-electron chi connectivity index (χ1n) is 5.67. The highest BCUT2D eigenvalue weighted by Crippen LogP contribution is 2.29. The number of aromatic nitrogens is 4. The molecular weight excluding hydrogens is 236 g/mol. The van der Waals surface area contributed by atoms with E-state index in [9.17, 15) is 0 Å². The number of nitrogens with zero attached hydrogens (tertiary/aromatic N) is 4. The van der Waals surface area contributed by atoms with Gasteiger partial charge in [0.25, 0.3) is 0 Å². The van der Waals surface area contributed by atoms with Crippen LogP contribution in [0.3, 0.4) is 0 Å². The Kier molecular flexibility index (Phi) is 2.77. The fraction of sp³-hybridized carbons (Fsp3) is 0.500. The smallest absolute Gasteiger partial charge is 0.222 e. The molecule has 0 bridgehead atoms. The number of rotatable bonds is 3. The summed E-state index contributed by atoms with van der Waals surface area (Å²) < 4.78 is 1.94. The minimum absolute atomic E-state index is 0.213. The van der Waals surface area contributed by atoms with Crippen molar-refractivity contribution in [1.82, 2.24) is 19.7 Å². The van der Waals surface area contributed by atoms with Crippen LogP contribution in [-0.4, -0.2) is 32.8 Å². The third kappa shape index (κ3) is 1.91. The van der Waals surface area contributed by atoms with Gasteiger partial charge in [-0.3, -0.25) is 0 Å². The second-order valence-corrected chi connectivity index (χ2v) is 4.86. The van der Waals surface area contributed by atoms with Crippen molar-refractivity contribution < 1.29 is 0 Å². The molecule has 7 heteroatoms. The molecule has 1 aliphatic rings. The third-order valence-electron chi connectivity index (χ3n) is 2.78. The van der Waals surface area contributed by atoms with E-state index in [2.05, 4.69) is 20.4 Å². The van der Waals surface area contributed by atoms with Crippen LogP contribution in [0.5, 0.6) is 0 Å². The zero-order valence-corrected chi connectivity index (χ0v) is 10.2. The summed E-state index contributed by atoms with van der Waals surface area (Å²) in [6.45, 7) is 1.48. The van der Waals surface area contributed by atoms with Gasteiger partial charge in [-0.2, -0.15) is 10.1 Å². The van der Waals surface area contributed by atoms with Crippen LogP contribution in [0.2, 0.25) is 0 Å². The van der Waals surface area contributed by atoms with Gasteiger partial charge in [-0.05, 0) is 13.0 Å². The molecule has 0 fully saturated rings. The van der Waals surface area contributed by atoms with Gasteiger partial charge in [-0.15, -0.1) is 11.3 Å². The number of nitrogens with two attached hydrogens (primary N) is 1. The predicted octanol–water partition coefficient (Wildman–Crippen LogP) is 0.641. The third-order valence-corrected chi connectivity index (χ3v) is 3.65. The van der Waals surface area contributed by atoms with Crippen molar-refractivity contribution in [1.29, 1.82) is 0 Å². The van der Waals surface area contributed by atoms with Gasteiger partial charge in [0.1, 0.15) is 11.0 Å². The second kappa shape index (κ2) is 4.42. The Morgan fingerprint density at radius 2 is 2.53 bits per heavy atom. The van der Waals surface area contributed by atoms with E-state index in [0.29, 0.717) is 13.0 Å². The Morgan fingerprint density at radius 1 is 1.59 bits per heavy atom. The lowest BCUT2D eigenvalue weighted by molar-refractivity contribution is 0.475. The first-order chi connectivity index (χ1) is 8.38. The molecule has 2 aromatic rings. The molecule has 0 amide bonds. The van der Waals surface area contributed by atoms with E-state index < -0.39 is 0 Å². The van der Waals surface area contributed by atoms with Crippen molar-refractivity contribution in [2.24, 2.45) is 5.73 Å². The second-order valence-electron chi connectivity index (χ2n) is 3.94. The van der Waals surface area contributed by atoms with E-state index in [4.69, 9.17) is 5.73 Å². The summed E-state index contributed by atoms with van der Waals surface area (Å²) in [6.07, 6.45) is 3.54. The van der Waals surface area contributed by atoms with E-state index in [1.807, 2.05) is 16.3 Å². The summed E-state index contributed by atoms with van der Waals surface area (Å²) >= 11 is 1.66. The Bertz CT molecular complexity index is 491. The van der Waals surface area contributed by atoms with Crippen molar-refractivity contribution in [3.8, 4) is 0 Å². The molecule has 2 aromatic heterocycles. The molecule has 0 spiro atoms. The first-order valence-corrected chi connectivity index (χ1v) is 6.55. The number of hydrogen-bond donors (Lipinski definition) is 2. The lowest BCUT2D eigenvalue weighted by Crippen LogP contribution is -2.24. The average molecular weight is 250 g/mol. The van der Waals surface area contributed by atoms with Crippen molar-refractivity contribution in [2.45, 2.75) is 18.9 Å². The molecule has 6 nitrogen and oxygen atoms in total. The van der Waals surface area contributed by atoms with Gasteiger partial charge >= 0.3 is 0 Å². The van der Waals surface area contributed by atoms with E-state index in [-0.39, 0.29) is 6.04 Å². The normalized spacial score (nSPS) is 18.8. The number of thiazole rings is 1. The predicted molar refractivity (Wildman–Crippen MR) is 66.1 cm³/mol. The molecule has 0 aliphatic carbocycles. The van der Waals surface area contributed by atoms with Gasteiger partial charge in [0.2, 0.25) is 5.95 Å². The summed E-state index contributed by atoms with van der Waals surface area (Å²) in [5.74, 6) is 1.64. The monoisotopic (exact) mass is 250 g/mol. The highest BCUT2D eigenvalue weighted by atomic mass is 32.1. The van der Waals surface area contributed by atoms with Gasteiger partial charge in [-0.1, -0.05) is 0 Å². The topological polar surface area (TPSA) is 81.7 Å². The molecule has 0 aromatic carbocycles. The Labute approximate surface area is 103 Å². The Hall–Kier alpha value is -1.47. The maximum Gasteiger partial charge on any atom is 0.222 e. The van der Waals surface area contributed by atoms with Crippen LogP contribution in [0.4, 0.5) is 5.95 Å². The molecule has 0 saturated carbocycles. The SMILES string of the molecule is NCCc1nc2n(n1)C(c1nccs1)CCN2. The van der Waals surface area contributed by atoms with Crippen LogP contribution in [0.15, 0.2) is 11.6 Å². The van der Waals surface area contributed by atoms with Crippen molar-refractivity contribution in [3.63, 3.8) is 0 Å². The molecular formula is C10H14N6S. The molecule has 1 aliphatic heterocycles.